The van der Waals surface area contributed by atoms with Gasteiger partial charge in [0, 0.05) is 13.7 Å². The Balaban J connectivity index is 2.74. The molecule has 66 valence electrons. The van der Waals surface area contributed by atoms with Gasteiger partial charge in [0.05, 0.1) is 12.9 Å². The summed E-state index contributed by atoms with van der Waals surface area (Å²) in [5.74, 6) is 0. The van der Waals surface area contributed by atoms with Gasteiger partial charge in [0.15, 0.2) is 0 Å². The fraction of sp³-hybridized carbons (Fsp3) is 0.778. The van der Waals surface area contributed by atoms with Gasteiger partial charge in [-0.05, 0) is 19.3 Å². The normalized spacial score (nSPS) is 9.55. The summed E-state index contributed by atoms with van der Waals surface area (Å²) in [6.45, 7) is 5.15. The van der Waals surface area contributed by atoms with Crippen molar-refractivity contribution in [3.8, 4) is 0 Å². The zero-order chi connectivity index (χ0) is 8.36. The van der Waals surface area contributed by atoms with Crippen LogP contribution < -0.4 is 0 Å². The number of hydrogen-bond acceptors (Lipinski definition) is 2. The minimum Gasteiger partial charge on any atom is -0.502 e. The Hall–Kier alpha value is -0.500. The van der Waals surface area contributed by atoms with Crippen molar-refractivity contribution >= 4 is 0 Å². The second-order valence-corrected chi connectivity index (χ2v) is 2.44. The molecule has 0 aromatic rings. The molecular formula is C9H18O2. The van der Waals surface area contributed by atoms with Crippen LogP contribution in [0.3, 0.4) is 0 Å². The third-order valence-corrected chi connectivity index (χ3v) is 1.48. The topological polar surface area (TPSA) is 18.5 Å². The largest absolute Gasteiger partial charge is 0.502 e. The highest BCUT2D eigenvalue weighted by atomic mass is 16.5. The summed E-state index contributed by atoms with van der Waals surface area (Å²) >= 11 is 0. The first-order valence-corrected chi connectivity index (χ1v) is 4.13. The smallest absolute Gasteiger partial charge is 0.0873 e. The highest BCUT2D eigenvalue weighted by Gasteiger charge is 1.88. The standard InChI is InChI=1S/C9H18O2/c1-3-11-9-7-5-4-6-8-10-2/h3H,1,4-9H2,2H3. The molecule has 0 fully saturated rings. The van der Waals surface area contributed by atoms with E-state index in [-0.39, 0.29) is 0 Å². The van der Waals surface area contributed by atoms with Crippen LogP contribution in [-0.4, -0.2) is 20.3 Å². The van der Waals surface area contributed by atoms with Gasteiger partial charge < -0.3 is 9.47 Å². The summed E-state index contributed by atoms with van der Waals surface area (Å²) in [5.41, 5.74) is 0. The van der Waals surface area contributed by atoms with Crippen LogP contribution in [0.25, 0.3) is 0 Å². The van der Waals surface area contributed by atoms with E-state index in [0.29, 0.717) is 0 Å². The SMILES string of the molecule is C=COCCCCCCOC. The van der Waals surface area contributed by atoms with Crippen molar-refractivity contribution in [3.05, 3.63) is 12.8 Å². The fourth-order valence-corrected chi connectivity index (χ4v) is 0.869. The van der Waals surface area contributed by atoms with Crippen molar-refractivity contribution < 1.29 is 9.47 Å². The summed E-state index contributed by atoms with van der Waals surface area (Å²) in [7, 11) is 1.74. The summed E-state index contributed by atoms with van der Waals surface area (Å²) in [6.07, 6.45) is 6.22. The van der Waals surface area contributed by atoms with Gasteiger partial charge in [0.2, 0.25) is 0 Å². The maximum absolute atomic E-state index is 4.97. The molecule has 0 amide bonds. The molecule has 0 bridgehead atoms. The number of methoxy groups -OCH3 is 1. The van der Waals surface area contributed by atoms with E-state index in [1.807, 2.05) is 0 Å². The van der Waals surface area contributed by atoms with E-state index >= 15 is 0 Å². The maximum atomic E-state index is 4.97. The molecule has 2 heteroatoms. The van der Waals surface area contributed by atoms with Crippen LogP contribution in [0.1, 0.15) is 25.7 Å². The van der Waals surface area contributed by atoms with Crippen LogP contribution in [-0.2, 0) is 9.47 Å². The average molecular weight is 158 g/mol. The third kappa shape index (κ3) is 9.50. The summed E-state index contributed by atoms with van der Waals surface area (Å²) in [6, 6.07) is 0. The van der Waals surface area contributed by atoms with Crippen molar-refractivity contribution in [2.45, 2.75) is 25.7 Å². The molecule has 0 radical (unpaired) electrons. The molecule has 0 rings (SSSR count). The molecule has 11 heavy (non-hydrogen) atoms. The number of hydrogen-bond donors (Lipinski definition) is 0. The second-order valence-electron chi connectivity index (χ2n) is 2.44. The van der Waals surface area contributed by atoms with Gasteiger partial charge in [-0.3, -0.25) is 0 Å². The fourth-order valence-electron chi connectivity index (χ4n) is 0.869. The van der Waals surface area contributed by atoms with Crippen molar-refractivity contribution in [3.63, 3.8) is 0 Å². The van der Waals surface area contributed by atoms with Crippen LogP contribution in [0.15, 0.2) is 12.8 Å². The second kappa shape index (κ2) is 9.50. The van der Waals surface area contributed by atoms with Gasteiger partial charge in [0.1, 0.15) is 0 Å². The Kier molecular flexibility index (Phi) is 9.07. The number of unbranched alkanes of at least 4 members (excludes halogenated alkanes) is 3. The van der Waals surface area contributed by atoms with E-state index in [1.54, 1.807) is 7.11 Å². The van der Waals surface area contributed by atoms with Gasteiger partial charge >= 0.3 is 0 Å². The van der Waals surface area contributed by atoms with Crippen molar-refractivity contribution in [1.29, 1.82) is 0 Å². The molecular weight excluding hydrogens is 140 g/mol. The van der Waals surface area contributed by atoms with E-state index in [4.69, 9.17) is 9.47 Å². The van der Waals surface area contributed by atoms with Crippen LogP contribution in [0.2, 0.25) is 0 Å². The lowest BCUT2D eigenvalue weighted by atomic mass is 10.2. The molecule has 0 aromatic carbocycles. The van der Waals surface area contributed by atoms with Gasteiger partial charge in [0.25, 0.3) is 0 Å². The third-order valence-electron chi connectivity index (χ3n) is 1.48. The summed E-state index contributed by atoms with van der Waals surface area (Å²) in [5, 5.41) is 0. The van der Waals surface area contributed by atoms with E-state index in [9.17, 15) is 0 Å². The molecule has 0 atom stereocenters. The molecule has 0 saturated carbocycles. The van der Waals surface area contributed by atoms with Crippen molar-refractivity contribution in [2.75, 3.05) is 20.3 Å². The number of ether oxygens (including phenoxy) is 2. The first-order chi connectivity index (χ1) is 5.41. The predicted octanol–water partition coefficient (Wildman–Crippen LogP) is 2.35. The van der Waals surface area contributed by atoms with E-state index in [1.165, 1.54) is 19.1 Å². The minimum absolute atomic E-state index is 0.802. The number of rotatable bonds is 8. The first kappa shape index (κ1) is 10.5. The summed E-state index contributed by atoms with van der Waals surface area (Å²) < 4.78 is 9.89. The van der Waals surface area contributed by atoms with Crippen molar-refractivity contribution in [1.82, 2.24) is 0 Å². The molecule has 0 N–H and O–H groups in total. The van der Waals surface area contributed by atoms with Gasteiger partial charge in [-0.2, -0.15) is 0 Å². The quantitative estimate of drug-likeness (QED) is 0.399. The average Bonchev–Trinajstić information content (AvgIpc) is 2.03. The van der Waals surface area contributed by atoms with Gasteiger partial charge in [-0.15, -0.1) is 0 Å². The molecule has 2 nitrogen and oxygen atoms in total. The molecule has 0 aliphatic heterocycles. The molecule has 0 saturated heterocycles. The highest BCUT2D eigenvalue weighted by Crippen LogP contribution is 1.99. The van der Waals surface area contributed by atoms with Crippen LogP contribution in [0, 0.1) is 0 Å². The molecule has 0 aliphatic rings. The van der Waals surface area contributed by atoms with E-state index in [2.05, 4.69) is 6.58 Å². The summed E-state index contributed by atoms with van der Waals surface area (Å²) in [4.78, 5) is 0. The molecule has 0 aromatic heterocycles. The minimum atomic E-state index is 0.802. The van der Waals surface area contributed by atoms with Gasteiger partial charge in [-0.1, -0.05) is 13.0 Å². The van der Waals surface area contributed by atoms with E-state index < -0.39 is 0 Å². The Morgan fingerprint density at radius 1 is 1.09 bits per heavy atom. The Morgan fingerprint density at radius 3 is 2.27 bits per heavy atom. The lowest BCUT2D eigenvalue weighted by molar-refractivity contribution is 0.189. The van der Waals surface area contributed by atoms with Crippen LogP contribution in [0.5, 0.6) is 0 Å². The highest BCUT2D eigenvalue weighted by molar-refractivity contribution is 4.49. The van der Waals surface area contributed by atoms with Crippen molar-refractivity contribution in [2.24, 2.45) is 0 Å². The molecule has 0 unspecified atom stereocenters. The predicted molar refractivity (Wildman–Crippen MR) is 46.5 cm³/mol. The van der Waals surface area contributed by atoms with E-state index in [0.717, 1.165) is 26.1 Å². The molecule has 0 aliphatic carbocycles. The zero-order valence-corrected chi connectivity index (χ0v) is 7.34. The van der Waals surface area contributed by atoms with Crippen LogP contribution >= 0.6 is 0 Å². The monoisotopic (exact) mass is 158 g/mol. The molecule has 0 heterocycles. The Labute approximate surface area is 69.2 Å². The lowest BCUT2D eigenvalue weighted by Crippen LogP contribution is -1.90. The Bertz CT molecular complexity index is 81.6. The zero-order valence-electron chi connectivity index (χ0n) is 7.34. The van der Waals surface area contributed by atoms with Crippen LogP contribution in [0.4, 0.5) is 0 Å². The first-order valence-electron chi connectivity index (χ1n) is 4.13. The lowest BCUT2D eigenvalue weighted by Gasteiger charge is -2.00. The molecule has 0 spiro atoms. The maximum Gasteiger partial charge on any atom is 0.0873 e. The Morgan fingerprint density at radius 2 is 1.73 bits per heavy atom. The van der Waals surface area contributed by atoms with Gasteiger partial charge in [-0.25, -0.2) is 0 Å².